The molecule has 314 valence electrons. The fourth-order valence-corrected chi connectivity index (χ4v) is 12.4. The summed E-state index contributed by atoms with van der Waals surface area (Å²) in [5.41, 5.74) is 15.6. The molecule has 0 spiro atoms. The molecule has 1 aliphatic carbocycles. The van der Waals surface area contributed by atoms with Gasteiger partial charge < -0.3 is 9.32 Å². The van der Waals surface area contributed by atoms with E-state index in [2.05, 4.69) is 244 Å². The van der Waals surface area contributed by atoms with Crippen molar-refractivity contribution in [1.82, 2.24) is 0 Å². The standard InChI is InChI=1S/C63H45NOS/c1-62(2,3)54-29-16-26-48-47-35-33-44(39-56(47)65-61(48)54)64(55-37-32-40-18-10-11-23-45(40)59(55)50-27-17-31-58-60(50)49-25-13-15-30-57(49)66-58)43-34-36-53-51(38-43)46-24-12-14-28-52(46)63(53,41-19-6-4-7-20-41)42-21-8-5-9-22-42/h4-39H,1-3H3. The fraction of sp³-hybridized carbons (Fsp3) is 0.0794. The number of thiophene rings is 1. The third-order valence-corrected chi connectivity index (χ3v) is 15.2. The molecule has 0 unspecified atom stereocenters. The van der Waals surface area contributed by atoms with E-state index in [1.54, 1.807) is 0 Å². The molecule has 0 saturated carbocycles. The summed E-state index contributed by atoms with van der Waals surface area (Å²) in [5, 5.41) is 7.24. The Kier molecular flexibility index (Phi) is 8.59. The third kappa shape index (κ3) is 5.66. The van der Waals surface area contributed by atoms with Crippen molar-refractivity contribution in [2.24, 2.45) is 0 Å². The van der Waals surface area contributed by atoms with E-state index in [1.165, 1.54) is 81.0 Å². The molecule has 0 aliphatic heterocycles. The number of nitrogens with zero attached hydrogens (tertiary/aromatic N) is 1. The van der Waals surface area contributed by atoms with Crippen LogP contribution < -0.4 is 4.90 Å². The van der Waals surface area contributed by atoms with Crippen LogP contribution in [0.3, 0.4) is 0 Å². The quantitative estimate of drug-likeness (QED) is 0.166. The summed E-state index contributed by atoms with van der Waals surface area (Å²) >= 11 is 1.87. The fourth-order valence-electron chi connectivity index (χ4n) is 11.2. The highest BCUT2D eigenvalue weighted by atomic mass is 32.1. The predicted octanol–water partition coefficient (Wildman–Crippen LogP) is 17.9. The molecule has 2 aromatic heterocycles. The number of rotatable bonds is 6. The number of anilines is 3. The Morgan fingerprint density at radius 3 is 1.88 bits per heavy atom. The van der Waals surface area contributed by atoms with Crippen LogP contribution in [0.5, 0.6) is 0 Å². The van der Waals surface area contributed by atoms with Crippen molar-refractivity contribution in [3.63, 3.8) is 0 Å². The van der Waals surface area contributed by atoms with Gasteiger partial charge in [-0.3, -0.25) is 0 Å². The summed E-state index contributed by atoms with van der Waals surface area (Å²) < 4.78 is 9.55. The van der Waals surface area contributed by atoms with Crippen LogP contribution in [0, 0.1) is 0 Å². The van der Waals surface area contributed by atoms with E-state index >= 15 is 0 Å². The van der Waals surface area contributed by atoms with Gasteiger partial charge in [-0.1, -0.05) is 191 Å². The molecular weight excluding hydrogens is 819 g/mol. The first kappa shape index (κ1) is 38.7. The van der Waals surface area contributed by atoms with Gasteiger partial charge in [0, 0.05) is 59.5 Å². The van der Waals surface area contributed by atoms with Gasteiger partial charge in [-0.25, -0.2) is 0 Å². The minimum atomic E-state index is -0.500. The highest BCUT2D eigenvalue weighted by Gasteiger charge is 2.46. The molecule has 3 heteroatoms. The van der Waals surface area contributed by atoms with Gasteiger partial charge >= 0.3 is 0 Å². The van der Waals surface area contributed by atoms with Gasteiger partial charge in [-0.15, -0.1) is 11.3 Å². The Labute approximate surface area is 388 Å². The van der Waals surface area contributed by atoms with Crippen molar-refractivity contribution in [2.45, 2.75) is 31.6 Å². The summed E-state index contributed by atoms with van der Waals surface area (Å²) in [6.45, 7) is 6.78. The van der Waals surface area contributed by atoms with Crippen molar-refractivity contribution in [3.8, 4) is 22.3 Å². The first-order valence-electron chi connectivity index (χ1n) is 22.9. The Morgan fingerprint density at radius 2 is 1.08 bits per heavy atom. The lowest BCUT2D eigenvalue weighted by Crippen LogP contribution is -2.28. The van der Waals surface area contributed by atoms with Crippen LogP contribution >= 0.6 is 11.3 Å². The van der Waals surface area contributed by atoms with Crippen molar-refractivity contribution in [2.75, 3.05) is 4.90 Å². The van der Waals surface area contributed by atoms with Gasteiger partial charge in [0.15, 0.2) is 0 Å². The number of hydrogen-bond donors (Lipinski definition) is 0. The largest absolute Gasteiger partial charge is 0.456 e. The lowest BCUT2D eigenvalue weighted by Gasteiger charge is -2.34. The van der Waals surface area contributed by atoms with Crippen LogP contribution in [0.2, 0.25) is 0 Å². The summed E-state index contributed by atoms with van der Waals surface area (Å²) in [6.07, 6.45) is 0. The summed E-state index contributed by atoms with van der Waals surface area (Å²) in [6, 6.07) is 80.9. The van der Waals surface area contributed by atoms with Gasteiger partial charge in [-0.05, 0) is 97.6 Å². The molecule has 10 aromatic carbocycles. The molecule has 1 aliphatic rings. The Morgan fingerprint density at radius 1 is 0.455 bits per heavy atom. The lowest BCUT2D eigenvalue weighted by molar-refractivity contribution is 0.573. The Bertz CT molecular complexity index is 3830. The summed E-state index contributed by atoms with van der Waals surface area (Å²) in [7, 11) is 0. The molecule has 0 radical (unpaired) electrons. The SMILES string of the molecule is CC(C)(C)c1cccc2c1oc1cc(N(c3ccc4c(c3)-c3ccccc3C4(c3ccccc3)c3ccccc3)c3ccc4ccccc4c3-c3cccc4sc5ccccc5c34)ccc12. The van der Waals surface area contributed by atoms with E-state index in [1.807, 2.05) is 11.3 Å². The first-order valence-corrected chi connectivity index (χ1v) is 23.7. The second kappa shape index (κ2) is 14.7. The van der Waals surface area contributed by atoms with Crippen molar-refractivity contribution >= 4 is 81.3 Å². The van der Waals surface area contributed by atoms with Crippen LogP contribution in [0.4, 0.5) is 17.1 Å². The van der Waals surface area contributed by atoms with Crippen LogP contribution in [-0.4, -0.2) is 0 Å². The van der Waals surface area contributed by atoms with Crippen LogP contribution in [-0.2, 0) is 10.8 Å². The maximum atomic E-state index is 6.97. The van der Waals surface area contributed by atoms with Crippen molar-refractivity contribution in [1.29, 1.82) is 0 Å². The van der Waals surface area contributed by atoms with Gasteiger partial charge in [0.25, 0.3) is 0 Å². The number of furan rings is 1. The predicted molar refractivity (Wildman–Crippen MR) is 280 cm³/mol. The number of benzene rings is 10. The van der Waals surface area contributed by atoms with Crippen LogP contribution in [0.1, 0.15) is 48.6 Å². The molecule has 0 N–H and O–H groups in total. The van der Waals surface area contributed by atoms with Gasteiger partial charge in [0.2, 0.25) is 0 Å². The normalized spacial score (nSPS) is 13.2. The summed E-state index contributed by atoms with van der Waals surface area (Å²) in [4.78, 5) is 2.49. The van der Waals surface area contributed by atoms with Crippen molar-refractivity contribution < 1.29 is 4.42 Å². The van der Waals surface area contributed by atoms with E-state index in [0.717, 1.165) is 39.0 Å². The highest BCUT2D eigenvalue weighted by Crippen LogP contribution is 2.58. The number of para-hydroxylation sites is 1. The Hall–Kier alpha value is -7.72. The topological polar surface area (TPSA) is 16.4 Å². The van der Waals surface area contributed by atoms with E-state index in [0.29, 0.717) is 0 Å². The van der Waals surface area contributed by atoms with Crippen LogP contribution in [0.15, 0.2) is 223 Å². The second-order valence-electron chi connectivity index (χ2n) is 18.8. The third-order valence-electron chi connectivity index (χ3n) is 14.1. The molecule has 0 fully saturated rings. The molecule has 0 saturated heterocycles. The highest BCUT2D eigenvalue weighted by molar-refractivity contribution is 7.26. The Balaban J connectivity index is 1.13. The van der Waals surface area contributed by atoms with Gasteiger partial charge in [0.05, 0.1) is 11.1 Å². The molecule has 0 atom stereocenters. The molecule has 0 amide bonds. The van der Waals surface area contributed by atoms with E-state index < -0.39 is 5.41 Å². The minimum Gasteiger partial charge on any atom is -0.456 e. The monoisotopic (exact) mass is 863 g/mol. The lowest BCUT2D eigenvalue weighted by atomic mass is 9.68. The van der Waals surface area contributed by atoms with Gasteiger partial charge in [0.1, 0.15) is 11.2 Å². The molecule has 2 nitrogen and oxygen atoms in total. The molecule has 66 heavy (non-hydrogen) atoms. The molecule has 0 bridgehead atoms. The average Bonchev–Trinajstić information content (AvgIpc) is 4.02. The maximum Gasteiger partial charge on any atom is 0.139 e. The molecule has 12 aromatic rings. The molecule has 2 heterocycles. The average molecular weight is 864 g/mol. The molecule has 13 rings (SSSR count). The molecular formula is C63H45NOS. The van der Waals surface area contributed by atoms with E-state index in [9.17, 15) is 0 Å². The maximum absolute atomic E-state index is 6.97. The van der Waals surface area contributed by atoms with E-state index in [4.69, 9.17) is 4.42 Å². The summed E-state index contributed by atoms with van der Waals surface area (Å²) in [5.74, 6) is 0. The van der Waals surface area contributed by atoms with Crippen LogP contribution in [0.25, 0.3) is 75.1 Å². The number of fused-ring (bicyclic) bond motifs is 10. The zero-order chi connectivity index (χ0) is 44.1. The minimum absolute atomic E-state index is 0.0788. The number of hydrogen-bond acceptors (Lipinski definition) is 3. The zero-order valence-electron chi connectivity index (χ0n) is 37.0. The first-order chi connectivity index (χ1) is 32.4. The van der Waals surface area contributed by atoms with Gasteiger partial charge in [-0.2, -0.15) is 0 Å². The van der Waals surface area contributed by atoms with E-state index in [-0.39, 0.29) is 5.41 Å². The smallest absolute Gasteiger partial charge is 0.139 e. The zero-order valence-corrected chi connectivity index (χ0v) is 37.9. The van der Waals surface area contributed by atoms with Crippen molar-refractivity contribution in [3.05, 3.63) is 246 Å². The second-order valence-corrected chi connectivity index (χ2v) is 19.8.